The second-order valence-electron chi connectivity index (χ2n) is 5.02. The number of carboxylic acid groups (broad SMARTS) is 1. The van der Waals surface area contributed by atoms with Crippen molar-refractivity contribution in [3.8, 4) is 11.3 Å². The molecule has 0 aliphatic rings. The molecule has 3 aromatic rings. The van der Waals surface area contributed by atoms with E-state index >= 15 is 0 Å². The van der Waals surface area contributed by atoms with Gasteiger partial charge in [-0.15, -0.1) is 0 Å². The minimum atomic E-state index is -1.25. The Bertz CT molecular complexity index is 1060. The maximum absolute atomic E-state index is 13.3. The molecule has 0 spiro atoms. The molecule has 0 bridgehead atoms. The molecule has 0 atom stereocenters. The largest absolute Gasteiger partial charge is 0.480 e. The van der Waals surface area contributed by atoms with E-state index in [9.17, 15) is 18.8 Å². The van der Waals surface area contributed by atoms with Crippen LogP contribution in [-0.2, 0) is 4.79 Å². The van der Waals surface area contributed by atoms with Gasteiger partial charge < -0.3 is 10.4 Å². The summed E-state index contributed by atoms with van der Waals surface area (Å²) in [5, 5.41) is 13.4. The minimum Gasteiger partial charge on any atom is -0.480 e. The first-order chi connectivity index (χ1) is 11.9. The van der Waals surface area contributed by atoms with Crippen molar-refractivity contribution in [2.24, 2.45) is 0 Å². The highest BCUT2D eigenvalue weighted by molar-refractivity contribution is 6.31. The topological polar surface area (TPSA) is 117 Å². The first kappa shape index (κ1) is 16.7. The van der Waals surface area contributed by atoms with Crippen LogP contribution < -0.4 is 10.7 Å². The fraction of sp³-hybridized carbons (Fsp3) is 0.0667. The van der Waals surface area contributed by atoms with E-state index in [2.05, 4.69) is 15.4 Å². The van der Waals surface area contributed by atoms with Gasteiger partial charge in [0.2, 0.25) is 0 Å². The number of pyridine rings is 1. The van der Waals surface area contributed by atoms with Gasteiger partial charge in [-0.25, -0.2) is 13.9 Å². The molecule has 8 nitrogen and oxygen atoms in total. The normalized spacial score (nSPS) is 10.8. The molecule has 25 heavy (non-hydrogen) atoms. The van der Waals surface area contributed by atoms with E-state index in [4.69, 9.17) is 16.7 Å². The Morgan fingerprint density at radius 3 is 2.80 bits per heavy atom. The number of nitrogens with one attached hydrogen (secondary N) is 2. The molecule has 3 rings (SSSR count). The third-order valence-electron chi connectivity index (χ3n) is 3.41. The van der Waals surface area contributed by atoms with Crippen LogP contribution in [0.4, 0.5) is 4.39 Å². The van der Waals surface area contributed by atoms with Gasteiger partial charge in [0.25, 0.3) is 5.91 Å². The highest BCUT2D eigenvalue weighted by Gasteiger charge is 2.20. The number of hydrogen-bond acceptors (Lipinski definition) is 4. The summed E-state index contributed by atoms with van der Waals surface area (Å²) in [6.07, 6.45) is 1.26. The van der Waals surface area contributed by atoms with Gasteiger partial charge in [0, 0.05) is 11.6 Å². The molecule has 0 unspecified atom stereocenters. The third-order valence-corrected chi connectivity index (χ3v) is 3.70. The molecule has 0 saturated carbocycles. The number of hydrogen-bond donors (Lipinski definition) is 3. The van der Waals surface area contributed by atoms with Crippen LogP contribution in [-0.4, -0.2) is 38.1 Å². The summed E-state index contributed by atoms with van der Waals surface area (Å²) in [6, 6.07) is 5.07. The highest BCUT2D eigenvalue weighted by Crippen LogP contribution is 2.24. The number of aliphatic carboxylic acids is 1. The van der Waals surface area contributed by atoms with E-state index in [1.165, 1.54) is 23.0 Å². The minimum absolute atomic E-state index is 0.00540. The van der Waals surface area contributed by atoms with Crippen molar-refractivity contribution in [1.29, 1.82) is 0 Å². The van der Waals surface area contributed by atoms with Crippen LogP contribution in [0.5, 0.6) is 0 Å². The third kappa shape index (κ3) is 3.09. The SMILES string of the molecule is O=C(O)CNC(=O)c1c(=O)cc(-c2ccc(F)c(Cl)c2)n2[nH]cnc12. The number of fused-ring (bicyclic) bond motifs is 1. The standard InChI is InChI=1S/C15H10ClFN4O4/c16-8-3-7(1-2-9(8)17)10-4-11(22)13(14-19-6-20-21(10)14)15(25)18-5-12(23)24/h1-4,6H,5H2,(H,18,25)(H,19,20)(H,23,24). The van der Waals surface area contributed by atoms with Crippen LogP contribution in [0.3, 0.4) is 0 Å². The van der Waals surface area contributed by atoms with Gasteiger partial charge in [0.1, 0.15) is 24.3 Å². The van der Waals surface area contributed by atoms with E-state index in [1.807, 2.05) is 0 Å². The molecule has 3 N–H and O–H groups in total. The zero-order valence-electron chi connectivity index (χ0n) is 12.4. The molecule has 2 heterocycles. The number of halogens is 2. The Kier molecular flexibility index (Phi) is 4.24. The molecule has 0 aliphatic heterocycles. The molecular formula is C15H10ClFN4O4. The van der Waals surface area contributed by atoms with Gasteiger partial charge in [-0.1, -0.05) is 11.6 Å². The van der Waals surface area contributed by atoms with E-state index in [0.29, 0.717) is 11.3 Å². The molecule has 1 aromatic carbocycles. The zero-order chi connectivity index (χ0) is 18.1. The quantitative estimate of drug-likeness (QED) is 0.645. The monoisotopic (exact) mass is 364 g/mol. The number of benzene rings is 1. The average Bonchev–Trinajstić information content (AvgIpc) is 3.03. The second-order valence-corrected chi connectivity index (χ2v) is 5.43. The number of carboxylic acids is 1. The van der Waals surface area contributed by atoms with E-state index in [0.717, 1.165) is 12.1 Å². The summed E-state index contributed by atoms with van der Waals surface area (Å²) in [7, 11) is 0. The predicted molar refractivity (Wildman–Crippen MR) is 86.2 cm³/mol. The van der Waals surface area contributed by atoms with Crippen LogP contribution >= 0.6 is 11.6 Å². The lowest BCUT2D eigenvalue weighted by Crippen LogP contribution is -2.33. The summed E-state index contributed by atoms with van der Waals surface area (Å²) in [5.74, 6) is -2.71. The van der Waals surface area contributed by atoms with Crippen molar-refractivity contribution in [1.82, 2.24) is 19.9 Å². The lowest BCUT2D eigenvalue weighted by Gasteiger charge is -2.09. The van der Waals surface area contributed by atoms with Crippen LogP contribution in [0.1, 0.15) is 10.4 Å². The molecule has 0 radical (unpaired) electrons. The maximum atomic E-state index is 13.3. The first-order valence-electron chi connectivity index (χ1n) is 6.93. The number of H-pyrrole nitrogens is 1. The van der Waals surface area contributed by atoms with Gasteiger partial charge in [0.15, 0.2) is 11.1 Å². The molecule has 1 amide bonds. The Morgan fingerprint density at radius 1 is 1.36 bits per heavy atom. The lowest BCUT2D eigenvalue weighted by molar-refractivity contribution is -0.135. The fourth-order valence-corrected chi connectivity index (χ4v) is 2.50. The Hall–Kier alpha value is -3.20. The molecular weight excluding hydrogens is 355 g/mol. The van der Waals surface area contributed by atoms with Crippen LogP contribution in [0.25, 0.3) is 16.9 Å². The lowest BCUT2D eigenvalue weighted by atomic mass is 10.1. The zero-order valence-corrected chi connectivity index (χ0v) is 13.2. The van der Waals surface area contributed by atoms with Crippen molar-refractivity contribution < 1.29 is 19.1 Å². The van der Waals surface area contributed by atoms with Crippen molar-refractivity contribution in [3.05, 3.63) is 57.2 Å². The van der Waals surface area contributed by atoms with Crippen molar-refractivity contribution in [2.75, 3.05) is 6.54 Å². The number of amides is 1. The van der Waals surface area contributed by atoms with Gasteiger partial charge >= 0.3 is 5.97 Å². The van der Waals surface area contributed by atoms with Crippen molar-refractivity contribution in [2.45, 2.75) is 0 Å². The highest BCUT2D eigenvalue weighted by atomic mass is 35.5. The Labute approximate surface area is 143 Å². The molecule has 0 aliphatic carbocycles. The average molecular weight is 365 g/mol. The number of aromatic nitrogens is 3. The summed E-state index contributed by atoms with van der Waals surface area (Å²) >= 11 is 5.77. The predicted octanol–water partition coefficient (Wildman–Crippen LogP) is 1.30. The van der Waals surface area contributed by atoms with E-state index < -0.39 is 29.7 Å². The van der Waals surface area contributed by atoms with Crippen molar-refractivity contribution in [3.63, 3.8) is 0 Å². The van der Waals surface area contributed by atoms with E-state index in [1.54, 1.807) is 0 Å². The number of carbonyl (C=O) groups excluding carboxylic acids is 1. The van der Waals surface area contributed by atoms with Crippen LogP contribution in [0, 0.1) is 5.82 Å². The number of nitrogens with zero attached hydrogens (tertiary/aromatic N) is 2. The molecule has 10 heteroatoms. The molecule has 0 saturated heterocycles. The molecule has 128 valence electrons. The Morgan fingerprint density at radius 2 is 2.12 bits per heavy atom. The van der Waals surface area contributed by atoms with Gasteiger partial charge in [0.05, 0.1) is 10.7 Å². The number of carbonyl (C=O) groups is 2. The summed E-state index contributed by atoms with van der Waals surface area (Å²) in [4.78, 5) is 39.0. The second kappa shape index (κ2) is 6.36. The van der Waals surface area contributed by atoms with Crippen LogP contribution in [0.2, 0.25) is 5.02 Å². The van der Waals surface area contributed by atoms with E-state index in [-0.39, 0.29) is 16.2 Å². The van der Waals surface area contributed by atoms with Crippen molar-refractivity contribution >= 4 is 29.1 Å². The fourth-order valence-electron chi connectivity index (χ4n) is 2.32. The van der Waals surface area contributed by atoms with Gasteiger partial charge in [-0.2, -0.15) is 0 Å². The number of aromatic amines is 1. The van der Waals surface area contributed by atoms with Gasteiger partial charge in [-0.05, 0) is 18.2 Å². The number of rotatable bonds is 4. The Balaban J connectivity index is 2.15. The summed E-state index contributed by atoms with van der Waals surface area (Å²) < 4.78 is 14.7. The molecule has 2 aromatic heterocycles. The maximum Gasteiger partial charge on any atom is 0.322 e. The summed E-state index contributed by atoms with van der Waals surface area (Å²) in [6.45, 7) is -0.635. The first-order valence-corrected chi connectivity index (χ1v) is 7.31. The van der Waals surface area contributed by atoms with Gasteiger partial charge in [-0.3, -0.25) is 19.5 Å². The molecule has 0 fully saturated rings. The summed E-state index contributed by atoms with van der Waals surface area (Å²) in [5.41, 5.74) is -0.217. The smallest absolute Gasteiger partial charge is 0.322 e. The van der Waals surface area contributed by atoms with Crippen LogP contribution in [0.15, 0.2) is 35.4 Å².